The summed E-state index contributed by atoms with van der Waals surface area (Å²) in [6, 6.07) is 14.7. The van der Waals surface area contributed by atoms with Crippen molar-refractivity contribution in [3.8, 4) is 10.6 Å². The molecule has 0 spiro atoms. The number of nitrogens with zero attached hydrogens (tertiary/aromatic N) is 3. The molecule has 3 rings (SSSR count). The zero-order valence-corrected chi connectivity index (χ0v) is 15.8. The quantitative estimate of drug-likeness (QED) is 0.595. The van der Waals surface area contributed by atoms with E-state index >= 15 is 0 Å². The predicted molar refractivity (Wildman–Crippen MR) is 106 cm³/mol. The normalized spacial score (nSPS) is 11.3. The molecule has 132 valence electrons. The minimum absolute atomic E-state index is 0.805. The first-order valence-corrected chi connectivity index (χ1v) is 9.60. The van der Waals surface area contributed by atoms with Gasteiger partial charge < -0.3 is 10.2 Å². The second-order valence-corrected chi connectivity index (χ2v) is 7.44. The van der Waals surface area contributed by atoms with Crippen molar-refractivity contribution in [1.29, 1.82) is 0 Å². The van der Waals surface area contributed by atoms with Crippen LogP contribution in [0.4, 0.5) is 0 Å². The van der Waals surface area contributed by atoms with E-state index in [2.05, 4.69) is 77.0 Å². The fraction of sp³-hybridized carbons (Fsp3) is 0.350. The van der Waals surface area contributed by atoms with Gasteiger partial charge in [-0.25, -0.2) is 0 Å². The third-order valence-corrected chi connectivity index (χ3v) is 4.93. The number of hydrogen-bond acceptors (Lipinski definition) is 4. The van der Waals surface area contributed by atoms with Gasteiger partial charge in [-0.05, 0) is 50.6 Å². The third kappa shape index (κ3) is 5.26. The van der Waals surface area contributed by atoms with Crippen molar-refractivity contribution >= 4 is 11.3 Å². The van der Waals surface area contributed by atoms with Crippen LogP contribution in [-0.2, 0) is 13.1 Å². The highest BCUT2D eigenvalue weighted by molar-refractivity contribution is 7.13. The van der Waals surface area contributed by atoms with Crippen LogP contribution in [-0.4, -0.2) is 41.9 Å². The van der Waals surface area contributed by atoms with Crippen molar-refractivity contribution < 1.29 is 0 Å². The summed E-state index contributed by atoms with van der Waals surface area (Å²) in [6.07, 6.45) is 3.33. The van der Waals surface area contributed by atoms with Gasteiger partial charge in [0.15, 0.2) is 0 Å². The molecular formula is C20H26N4S. The molecule has 5 heteroatoms. The average molecular weight is 355 g/mol. The third-order valence-electron chi connectivity index (χ3n) is 4.05. The summed E-state index contributed by atoms with van der Waals surface area (Å²) in [4.78, 5) is 3.45. The predicted octanol–water partition coefficient (Wildman–Crippen LogP) is 3.70. The van der Waals surface area contributed by atoms with Crippen LogP contribution >= 0.6 is 11.3 Å². The van der Waals surface area contributed by atoms with Gasteiger partial charge in [0.1, 0.15) is 5.69 Å². The molecule has 1 aromatic carbocycles. The first kappa shape index (κ1) is 17.9. The highest BCUT2D eigenvalue weighted by atomic mass is 32.1. The highest BCUT2D eigenvalue weighted by Gasteiger charge is 2.12. The summed E-state index contributed by atoms with van der Waals surface area (Å²) in [5.41, 5.74) is 3.64. The van der Waals surface area contributed by atoms with E-state index in [1.54, 1.807) is 11.3 Å². The maximum atomic E-state index is 4.85. The highest BCUT2D eigenvalue weighted by Crippen LogP contribution is 2.26. The molecule has 0 aliphatic heterocycles. The summed E-state index contributed by atoms with van der Waals surface area (Å²) in [5, 5.41) is 10.5. The molecule has 0 saturated carbocycles. The van der Waals surface area contributed by atoms with Crippen LogP contribution in [0.25, 0.3) is 10.6 Å². The van der Waals surface area contributed by atoms with Gasteiger partial charge in [-0.2, -0.15) is 5.10 Å². The Morgan fingerprint density at radius 2 is 1.96 bits per heavy atom. The maximum Gasteiger partial charge on any atom is 0.107 e. The van der Waals surface area contributed by atoms with Crippen molar-refractivity contribution in [3.05, 3.63) is 65.2 Å². The fourth-order valence-corrected chi connectivity index (χ4v) is 3.55. The minimum atomic E-state index is 0.805. The number of rotatable bonds is 9. The molecule has 3 aromatic rings. The lowest BCUT2D eigenvalue weighted by molar-refractivity contribution is 0.394. The van der Waals surface area contributed by atoms with Crippen LogP contribution in [0, 0.1) is 0 Å². The molecule has 0 radical (unpaired) electrons. The van der Waals surface area contributed by atoms with Gasteiger partial charge in [-0.1, -0.05) is 36.4 Å². The van der Waals surface area contributed by atoms with E-state index < -0.39 is 0 Å². The first-order chi connectivity index (χ1) is 12.2. The Morgan fingerprint density at radius 3 is 2.68 bits per heavy atom. The molecule has 0 bridgehead atoms. The van der Waals surface area contributed by atoms with E-state index in [0.29, 0.717) is 0 Å². The Labute approximate surface area is 154 Å². The van der Waals surface area contributed by atoms with Gasteiger partial charge in [-0.3, -0.25) is 4.68 Å². The van der Waals surface area contributed by atoms with Crippen molar-refractivity contribution in [2.45, 2.75) is 19.5 Å². The Morgan fingerprint density at radius 1 is 1.12 bits per heavy atom. The van der Waals surface area contributed by atoms with E-state index in [1.165, 1.54) is 16.0 Å². The van der Waals surface area contributed by atoms with Gasteiger partial charge >= 0.3 is 0 Å². The first-order valence-electron chi connectivity index (χ1n) is 8.72. The molecule has 25 heavy (non-hydrogen) atoms. The van der Waals surface area contributed by atoms with E-state index in [1.807, 2.05) is 6.07 Å². The van der Waals surface area contributed by atoms with Crippen LogP contribution in [0.2, 0.25) is 0 Å². The zero-order chi connectivity index (χ0) is 17.5. The van der Waals surface area contributed by atoms with Gasteiger partial charge in [0.2, 0.25) is 0 Å². The molecule has 0 aliphatic rings. The Bertz CT molecular complexity index is 747. The largest absolute Gasteiger partial charge is 0.312 e. The number of thiophene rings is 1. The zero-order valence-electron chi connectivity index (χ0n) is 15.0. The fourth-order valence-electron chi connectivity index (χ4n) is 2.81. The summed E-state index contributed by atoms with van der Waals surface area (Å²) in [7, 11) is 4.23. The standard InChI is InChI=1S/C20H26N4S/c1-23(2)12-7-11-21-14-18-16-24(15-17-8-4-3-5-9-17)22-20(18)19-10-6-13-25-19/h3-6,8-10,13,16,21H,7,11-12,14-15H2,1-2H3. The molecule has 0 aliphatic carbocycles. The van der Waals surface area contributed by atoms with Crippen LogP contribution in [0.3, 0.4) is 0 Å². The molecule has 0 atom stereocenters. The van der Waals surface area contributed by atoms with Crippen molar-refractivity contribution in [3.63, 3.8) is 0 Å². The van der Waals surface area contributed by atoms with Crippen molar-refractivity contribution in [1.82, 2.24) is 20.0 Å². The molecule has 0 amide bonds. The topological polar surface area (TPSA) is 33.1 Å². The number of nitrogens with one attached hydrogen (secondary N) is 1. The van der Waals surface area contributed by atoms with Crippen molar-refractivity contribution in [2.75, 3.05) is 27.2 Å². The Balaban J connectivity index is 1.69. The van der Waals surface area contributed by atoms with Crippen molar-refractivity contribution in [2.24, 2.45) is 0 Å². The number of hydrogen-bond donors (Lipinski definition) is 1. The second kappa shape index (κ2) is 8.94. The molecule has 4 nitrogen and oxygen atoms in total. The van der Waals surface area contributed by atoms with Crippen LogP contribution in [0.5, 0.6) is 0 Å². The maximum absolute atomic E-state index is 4.85. The Kier molecular flexibility index (Phi) is 6.39. The molecule has 0 fully saturated rings. The average Bonchev–Trinajstić information content (AvgIpc) is 3.25. The summed E-state index contributed by atoms with van der Waals surface area (Å²) in [6.45, 7) is 3.79. The molecule has 2 aromatic heterocycles. The summed E-state index contributed by atoms with van der Waals surface area (Å²) >= 11 is 1.75. The molecular weight excluding hydrogens is 328 g/mol. The Hall–Kier alpha value is -1.95. The van der Waals surface area contributed by atoms with Gasteiger partial charge in [0.25, 0.3) is 0 Å². The minimum Gasteiger partial charge on any atom is -0.312 e. The lowest BCUT2D eigenvalue weighted by Crippen LogP contribution is -2.21. The lowest BCUT2D eigenvalue weighted by Gasteiger charge is -2.09. The molecule has 0 saturated heterocycles. The van der Waals surface area contributed by atoms with Crippen LogP contribution < -0.4 is 5.32 Å². The SMILES string of the molecule is CN(C)CCCNCc1cn(Cc2ccccc2)nc1-c1cccs1. The lowest BCUT2D eigenvalue weighted by atomic mass is 10.2. The van der Waals surface area contributed by atoms with E-state index in [9.17, 15) is 0 Å². The van der Waals surface area contributed by atoms with E-state index in [4.69, 9.17) is 5.10 Å². The van der Waals surface area contributed by atoms with E-state index in [0.717, 1.165) is 38.3 Å². The number of benzene rings is 1. The summed E-state index contributed by atoms with van der Waals surface area (Å²) < 4.78 is 2.06. The second-order valence-electron chi connectivity index (χ2n) is 6.50. The summed E-state index contributed by atoms with van der Waals surface area (Å²) in [5.74, 6) is 0. The molecule has 0 unspecified atom stereocenters. The molecule has 2 heterocycles. The number of aromatic nitrogens is 2. The van der Waals surface area contributed by atoms with Gasteiger partial charge in [-0.15, -0.1) is 11.3 Å². The van der Waals surface area contributed by atoms with Gasteiger partial charge in [0.05, 0.1) is 11.4 Å². The van der Waals surface area contributed by atoms with Crippen LogP contribution in [0.15, 0.2) is 54.0 Å². The monoisotopic (exact) mass is 354 g/mol. The smallest absolute Gasteiger partial charge is 0.107 e. The van der Waals surface area contributed by atoms with E-state index in [-0.39, 0.29) is 0 Å². The molecule has 1 N–H and O–H groups in total. The van der Waals surface area contributed by atoms with Gasteiger partial charge in [0, 0.05) is 18.3 Å². The van der Waals surface area contributed by atoms with Crippen LogP contribution in [0.1, 0.15) is 17.5 Å².